The summed E-state index contributed by atoms with van der Waals surface area (Å²) in [5, 5.41) is 9.71. The van der Waals surface area contributed by atoms with Crippen LogP contribution in [0.1, 0.15) is 49.5 Å². The van der Waals surface area contributed by atoms with Crippen molar-refractivity contribution >= 4 is 5.91 Å². The summed E-state index contributed by atoms with van der Waals surface area (Å²) in [4.78, 5) is 17.0. The molecule has 1 amide bonds. The van der Waals surface area contributed by atoms with Crippen LogP contribution in [-0.4, -0.2) is 59.6 Å². The number of benzene rings is 1. The minimum absolute atomic E-state index is 0.0141. The Labute approximate surface area is 151 Å². The van der Waals surface area contributed by atoms with Crippen LogP contribution < -0.4 is 0 Å². The van der Waals surface area contributed by atoms with Gasteiger partial charge in [0.1, 0.15) is 5.60 Å². The maximum absolute atomic E-state index is 12.7. The Kier molecular flexibility index (Phi) is 6.64. The lowest BCUT2D eigenvalue weighted by Gasteiger charge is -2.25. The number of nitrogens with zero attached hydrogens (tertiary/aromatic N) is 2. The molecule has 0 spiro atoms. The highest BCUT2D eigenvalue weighted by Crippen LogP contribution is 2.13. The van der Waals surface area contributed by atoms with E-state index in [0.717, 1.165) is 18.7 Å². The normalized spacial score (nSPS) is 16.2. The lowest BCUT2D eigenvalue weighted by atomic mass is 10.1. The Morgan fingerprint density at radius 1 is 1.36 bits per heavy atom. The Balaban J connectivity index is 1.97. The van der Waals surface area contributed by atoms with E-state index in [1.165, 1.54) is 25.9 Å². The van der Waals surface area contributed by atoms with Crippen LogP contribution in [0.5, 0.6) is 0 Å². The van der Waals surface area contributed by atoms with Gasteiger partial charge in [-0.05, 0) is 63.9 Å². The average Bonchev–Trinajstić information content (AvgIpc) is 3.04. The van der Waals surface area contributed by atoms with Gasteiger partial charge in [0.05, 0.1) is 0 Å². The summed E-state index contributed by atoms with van der Waals surface area (Å²) in [7, 11) is 1.86. The van der Waals surface area contributed by atoms with E-state index in [1.54, 1.807) is 24.8 Å². The quantitative estimate of drug-likeness (QED) is 0.837. The minimum Gasteiger partial charge on any atom is -0.378 e. The van der Waals surface area contributed by atoms with Gasteiger partial charge in [0.25, 0.3) is 5.91 Å². The standard InChI is InChI=1S/C21H30N2O2/c1-17(16-23-12-5-6-13-23)15-22(4)20(24)19-9-7-8-18(14-19)10-11-21(2,3)25/h7-9,14,17,25H,5-6,12-13,15-16H2,1-4H3. The molecule has 1 saturated heterocycles. The van der Waals surface area contributed by atoms with E-state index < -0.39 is 5.60 Å². The van der Waals surface area contributed by atoms with Gasteiger partial charge in [-0.15, -0.1) is 0 Å². The first-order chi connectivity index (χ1) is 11.7. The largest absolute Gasteiger partial charge is 0.378 e. The molecule has 4 nitrogen and oxygen atoms in total. The van der Waals surface area contributed by atoms with Crippen molar-refractivity contribution in [1.82, 2.24) is 9.80 Å². The van der Waals surface area contributed by atoms with Crippen molar-refractivity contribution in [3.05, 3.63) is 35.4 Å². The van der Waals surface area contributed by atoms with Crippen molar-refractivity contribution in [2.75, 3.05) is 33.2 Å². The Morgan fingerprint density at radius 2 is 2.04 bits per heavy atom. The van der Waals surface area contributed by atoms with Crippen molar-refractivity contribution in [1.29, 1.82) is 0 Å². The van der Waals surface area contributed by atoms with Crippen LogP contribution in [0.2, 0.25) is 0 Å². The molecule has 1 atom stereocenters. The summed E-state index contributed by atoms with van der Waals surface area (Å²) in [6, 6.07) is 7.30. The summed E-state index contributed by atoms with van der Waals surface area (Å²) in [5.74, 6) is 6.17. The van der Waals surface area contributed by atoms with E-state index in [0.29, 0.717) is 11.5 Å². The van der Waals surface area contributed by atoms with Crippen LogP contribution in [0.3, 0.4) is 0 Å². The number of aliphatic hydroxyl groups is 1. The molecule has 2 rings (SSSR count). The second-order valence-electron chi connectivity index (χ2n) is 7.69. The smallest absolute Gasteiger partial charge is 0.253 e. The number of hydrogen-bond donors (Lipinski definition) is 1. The van der Waals surface area contributed by atoms with Gasteiger partial charge in [-0.25, -0.2) is 0 Å². The molecule has 1 aromatic rings. The Morgan fingerprint density at radius 3 is 2.68 bits per heavy atom. The molecular weight excluding hydrogens is 312 g/mol. The second-order valence-corrected chi connectivity index (χ2v) is 7.69. The molecule has 0 saturated carbocycles. The molecule has 0 radical (unpaired) electrons. The van der Waals surface area contributed by atoms with Gasteiger partial charge in [0, 0.05) is 31.3 Å². The van der Waals surface area contributed by atoms with Crippen molar-refractivity contribution in [2.45, 2.75) is 39.2 Å². The highest BCUT2D eigenvalue weighted by atomic mass is 16.3. The molecule has 136 valence electrons. The maximum Gasteiger partial charge on any atom is 0.253 e. The third-order valence-corrected chi connectivity index (χ3v) is 4.32. The van der Waals surface area contributed by atoms with Gasteiger partial charge < -0.3 is 14.9 Å². The molecule has 1 heterocycles. The SMILES string of the molecule is CC(CN1CCCC1)CN(C)C(=O)c1cccc(C#CC(C)(C)O)c1. The zero-order valence-corrected chi connectivity index (χ0v) is 15.9. The van der Waals surface area contributed by atoms with Crippen LogP contribution in [0.15, 0.2) is 24.3 Å². The van der Waals surface area contributed by atoms with E-state index >= 15 is 0 Å². The van der Waals surface area contributed by atoms with E-state index in [2.05, 4.69) is 23.7 Å². The van der Waals surface area contributed by atoms with Gasteiger partial charge >= 0.3 is 0 Å². The molecule has 1 unspecified atom stereocenters. The molecule has 0 bridgehead atoms. The number of hydrogen-bond acceptors (Lipinski definition) is 3. The lowest BCUT2D eigenvalue weighted by molar-refractivity contribution is 0.0766. The first kappa shape index (κ1) is 19.5. The lowest BCUT2D eigenvalue weighted by Crippen LogP contribution is -2.35. The van der Waals surface area contributed by atoms with E-state index in [1.807, 2.05) is 25.2 Å². The highest BCUT2D eigenvalue weighted by molar-refractivity contribution is 5.94. The van der Waals surface area contributed by atoms with Gasteiger partial charge in [-0.1, -0.05) is 24.8 Å². The monoisotopic (exact) mass is 342 g/mol. The Hall–Kier alpha value is -1.83. The fraction of sp³-hybridized carbons (Fsp3) is 0.571. The summed E-state index contributed by atoms with van der Waals surface area (Å²) < 4.78 is 0. The first-order valence-electron chi connectivity index (χ1n) is 9.08. The van der Waals surface area contributed by atoms with Crippen molar-refractivity contribution in [2.24, 2.45) is 5.92 Å². The Bertz CT molecular complexity index is 646. The number of amides is 1. The molecule has 0 aliphatic carbocycles. The predicted molar refractivity (Wildman–Crippen MR) is 101 cm³/mol. The van der Waals surface area contributed by atoms with Crippen LogP contribution in [0.4, 0.5) is 0 Å². The van der Waals surface area contributed by atoms with E-state index in [4.69, 9.17) is 0 Å². The molecule has 1 aromatic carbocycles. The zero-order valence-electron chi connectivity index (χ0n) is 15.9. The first-order valence-corrected chi connectivity index (χ1v) is 9.08. The number of carbonyl (C=O) groups is 1. The van der Waals surface area contributed by atoms with Gasteiger partial charge in [-0.3, -0.25) is 4.79 Å². The van der Waals surface area contributed by atoms with Crippen LogP contribution >= 0.6 is 0 Å². The second kappa shape index (κ2) is 8.51. The highest BCUT2D eigenvalue weighted by Gasteiger charge is 2.18. The van der Waals surface area contributed by atoms with Crippen molar-refractivity contribution < 1.29 is 9.90 Å². The van der Waals surface area contributed by atoms with Gasteiger partial charge in [-0.2, -0.15) is 0 Å². The molecule has 1 N–H and O–H groups in total. The third kappa shape index (κ3) is 6.53. The number of carbonyl (C=O) groups excluding carboxylic acids is 1. The van der Waals surface area contributed by atoms with Gasteiger partial charge in [0.15, 0.2) is 0 Å². The fourth-order valence-electron chi connectivity index (χ4n) is 3.19. The zero-order chi connectivity index (χ0) is 18.4. The number of rotatable bonds is 5. The van der Waals surface area contributed by atoms with Crippen LogP contribution in [0, 0.1) is 17.8 Å². The topological polar surface area (TPSA) is 43.8 Å². The molecule has 0 aromatic heterocycles. The predicted octanol–water partition coefficient (Wildman–Crippen LogP) is 2.61. The number of likely N-dealkylation sites (tertiary alicyclic amines) is 1. The molecule has 25 heavy (non-hydrogen) atoms. The third-order valence-electron chi connectivity index (χ3n) is 4.32. The average molecular weight is 342 g/mol. The molecule has 4 heteroatoms. The summed E-state index contributed by atoms with van der Waals surface area (Å²) >= 11 is 0. The molecule has 1 aliphatic heterocycles. The maximum atomic E-state index is 12.7. The fourth-order valence-corrected chi connectivity index (χ4v) is 3.19. The van der Waals surface area contributed by atoms with Gasteiger partial charge in [0.2, 0.25) is 0 Å². The summed E-state index contributed by atoms with van der Waals surface area (Å²) in [6.07, 6.45) is 2.58. The van der Waals surface area contributed by atoms with E-state index in [-0.39, 0.29) is 5.91 Å². The van der Waals surface area contributed by atoms with Crippen LogP contribution in [-0.2, 0) is 0 Å². The van der Waals surface area contributed by atoms with Crippen LogP contribution in [0.25, 0.3) is 0 Å². The summed E-state index contributed by atoms with van der Waals surface area (Å²) in [5.41, 5.74) is 0.340. The van der Waals surface area contributed by atoms with Crippen molar-refractivity contribution in [3.8, 4) is 11.8 Å². The van der Waals surface area contributed by atoms with Crippen molar-refractivity contribution in [3.63, 3.8) is 0 Å². The molecule has 1 fully saturated rings. The molecule has 1 aliphatic rings. The minimum atomic E-state index is -1.04. The van der Waals surface area contributed by atoms with E-state index in [9.17, 15) is 9.90 Å². The molecular formula is C21H30N2O2. The summed E-state index contributed by atoms with van der Waals surface area (Å²) in [6.45, 7) is 9.65.